The number of aliphatic hydroxyl groups is 1. The van der Waals surface area contributed by atoms with Crippen LogP contribution in [-0.2, 0) is 4.74 Å². The Morgan fingerprint density at radius 3 is 3.11 bits per heavy atom. The minimum Gasteiger partial charge on any atom is -0.499 e. The van der Waals surface area contributed by atoms with E-state index in [-0.39, 0.29) is 10.6 Å². The standard InChI is InChI=1S/C11H13BrN2O4S/c12-2-4-18-6-8-7(15)5-10(19-8)14-3-1-9(16)13-11(14)17/h1-4,7-8,10,15H,5-6H2,(H,13,16,17)/t7-,8+,10+/m0/s1. The summed E-state index contributed by atoms with van der Waals surface area (Å²) < 4.78 is 6.64. The third kappa shape index (κ3) is 3.52. The fraction of sp³-hybridized carbons (Fsp3) is 0.455. The van der Waals surface area contributed by atoms with E-state index >= 15 is 0 Å². The number of thioether (sulfide) groups is 1. The second kappa shape index (κ2) is 6.44. The Morgan fingerprint density at radius 1 is 1.63 bits per heavy atom. The molecular formula is C11H13BrN2O4S. The maximum atomic E-state index is 11.7. The van der Waals surface area contributed by atoms with Gasteiger partial charge < -0.3 is 9.84 Å². The molecule has 2 N–H and O–H groups in total. The number of aromatic nitrogens is 2. The van der Waals surface area contributed by atoms with Crippen molar-refractivity contribution in [3.8, 4) is 0 Å². The quantitative estimate of drug-likeness (QED) is 0.785. The van der Waals surface area contributed by atoms with Crippen LogP contribution in [0.15, 0.2) is 33.1 Å². The molecule has 1 saturated heterocycles. The molecule has 0 aliphatic carbocycles. The maximum Gasteiger partial charge on any atom is 0.329 e. The van der Waals surface area contributed by atoms with Gasteiger partial charge in [-0.1, -0.05) is 15.9 Å². The van der Waals surface area contributed by atoms with E-state index in [2.05, 4.69) is 20.9 Å². The highest BCUT2D eigenvalue weighted by atomic mass is 79.9. The minimum absolute atomic E-state index is 0.104. The molecule has 0 unspecified atom stereocenters. The Hall–Kier alpha value is -0.990. The summed E-state index contributed by atoms with van der Waals surface area (Å²) in [5.41, 5.74) is -0.883. The summed E-state index contributed by atoms with van der Waals surface area (Å²) in [5, 5.41) is 9.64. The molecule has 0 radical (unpaired) electrons. The average molecular weight is 349 g/mol. The third-order valence-electron chi connectivity index (χ3n) is 2.77. The van der Waals surface area contributed by atoms with Gasteiger partial charge in [-0.25, -0.2) is 4.79 Å². The highest BCUT2D eigenvalue weighted by Gasteiger charge is 2.35. The molecule has 19 heavy (non-hydrogen) atoms. The number of H-pyrrole nitrogens is 1. The average Bonchev–Trinajstić information content (AvgIpc) is 2.71. The van der Waals surface area contributed by atoms with E-state index in [4.69, 9.17) is 4.74 Å². The van der Waals surface area contributed by atoms with Crippen molar-refractivity contribution in [1.82, 2.24) is 9.55 Å². The van der Waals surface area contributed by atoms with E-state index in [0.717, 1.165) is 0 Å². The van der Waals surface area contributed by atoms with Crippen LogP contribution in [0.2, 0.25) is 0 Å². The van der Waals surface area contributed by atoms with E-state index < -0.39 is 17.4 Å². The molecule has 8 heteroatoms. The van der Waals surface area contributed by atoms with Crippen molar-refractivity contribution in [3.05, 3.63) is 44.3 Å². The van der Waals surface area contributed by atoms with Crippen molar-refractivity contribution < 1.29 is 9.84 Å². The van der Waals surface area contributed by atoms with Gasteiger partial charge in [-0.3, -0.25) is 14.3 Å². The summed E-state index contributed by atoms with van der Waals surface area (Å²) in [6, 6.07) is 1.30. The van der Waals surface area contributed by atoms with Gasteiger partial charge >= 0.3 is 5.69 Å². The van der Waals surface area contributed by atoms with Crippen molar-refractivity contribution in [2.24, 2.45) is 0 Å². The Bertz CT molecular complexity index is 570. The van der Waals surface area contributed by atoms with Gasteiger partial charge in [-0.2, -0.15) is 0 Å². The molecule has 3 atom stereocenters. The number of aromatic amines is 1. The van der Waals surface area contributed by atoms with Crippen LogP contribution in [-0.4, -0.2) is 32.6 Å². The molecule has 0 aromatic carbocycles. The van der Waals surface area contributed by atoms with Gasteiger partial charge in [0.25, 0.3) is 5.56 Å². The van der Waals surface area contributed by atoms with E-state index in [0.29, 0.717) is 13.0 Å². The van der Waals surface area contributed by atoms with Crippen LogP contribution in [0, 0.1) is 0 Å². The lowest BCUT2D eigenvalue weighted by molar-refractivity contribution is 0.131. The Balaban J connectivity index is 2.07. The van der Waals surface area contributed by atoms with Gasteiger partial charge in [0, 0.05) is 23.7 Å². The van der Waals surface area contributed by atoms with E-state index in [1.54, 1.807) is 4.99 Å². The molecule has 6 nitrogen and oxygen atoms in total. The predicted octanol–water partition coefficient (Wildman–Crippen LogP) is 0.784. The summed E-state index contributed by atoms with van der Waals surface area (Å²) in [7, 11) is 0. The molecular weight excluding hydrogens is 336 g/mol. The summed E-state index contributed by atoms with van der Waals surface area (Å²) >= 11 is 4.54. The lowest BCUT2D eigenvalue weighted by Crippen LogP contribution is -2.30. The van der Waals surface area contributed by atoms with Gasteiger partial charge in [0.2, 0.25) is 0 Å². The van der Waals surface area contributed by atoms with Crippen molar-refractivity contribution in [1.29, 1.82) is 0 Å². The molecule has 1 aromatic rings. The molecule has 1 aliphatic heterocycles. The minimum atomic E-state index is -0.544. The van der Waals surface area contributed by atoms with E-state index in [9.17, 15) is 14.7 Å². The van der Waals surface area contributed by atoms with Gasteiger partial charge in [0.1, 0.15) is 6.61 Å². The molecule has 1 fully saturated rings. The van der Waals surface area contributed by atoms with Crippen LogP contribution in [0.25, 0.3) is 0 Å². The van der Waals surface area contributed by atoms with Crippen LogP contribution in [0.5, 0.6) is 0 Å². The molecule has 2 heterocycles. The predicted molar refractivity (Wildman–Crippen MR) is 76.4 cm³/mol. The smallest absolute Gasteiger partial charge is 0.329 e. The lowest BCUT2D eigenvalue weighted by Gasteiger charge is -2.13. The SMILES string of the molecule is O=c1ccn([C@H]2C[C@H](O)[C@@H](COC=CBr)S2)c(=O)[nH]1. The number of nitrogens with one attached hydrogen (secondary N) is 1. The van der Waals surface area contributed by atoms with Gasteiger partial charge in [-0.05, 0) is 0 Å². The zero-order chi connectivity index (χ0) is 13.8. The van der Waals surface area contributed by atoms with Crippen molar-refractivity contribution >= 4 is 27.7 Å². The Kier molecular flexibility index (Phi) is 4.89. The first-order valence-electron chi connectivity index (χ1n) is 5.63. The topological polar surface area (TPSA) is 84.3 Å². The zero-order valence-corrected chi connectivity index (χ0v) is 12.3. The number of hydrogen-bond donors (Lipinski definition) is 2. The van der Waals surface area contributed by atoms with Gasteiger partial charge in [0.15, 0.2) is 0 Å². The fourth-order valence-electron chi connectivity index (χ4n) is 1.88. The van der Waals surface area contributed by atoms with Crippen LogP contribution in [0.4, 0.5) is 0 Å². The second-order valence-corrected chi connectivity index (χ2v) is 6.00. The van der Waals surface area contributed by atoms with Crippen molar-refractivity contribution in [2.45, 2.75) is 23.1 Å². The number of nitrogens with zero attached hydrogens (tertiary/aromatic N) is 1. The highest BCUT2D eigenvalue weighted by Crippen LogP contribution is 2.40. The molecule has 0 saturated carbocycles. The van der Waals surface area contributed by atoms with Crippen LogP contribution < -0.4 is 11.2 Å². The van der Waals surface area contributed by atoms with Crippen molar-refractivity contribution in [3.63, 3.8) is 0 Å². The first kappa shape index (κ1) is 14.4. The third-order valence-corrected chi connectivity index (χ3v) is 4.52. The molecule has 0 spiro atoms. The number of halogens is 1. The number of rotatable bonds is 4. The Morgan fingerprint density at radius 2 is 2.42 bits per heavy atom. The normalized spacial score (nSPS) is 26.9. The highest BCUT2D eigenvalue weighted by molar-refractivity contribution is 9.11. The summed E-state index contributed by atoms with van der Waals surface area (Å²) in [5.74, 6) is 0. The number of ether oxygens (including phenoxy) is 1. The largest absolute Gasteiger partial charge is 0.499 e. The molecule has 0 bridgehead atoms. The summed E-state index contributed by atoms with van der Waals surface area (Å²) in [6.07, 6.45) is 2.85. The van der Waals surface area contributed by atoms with Gasteiger partial charge in [-0.15, -0.1) is 11.8 Å². The maximum absolute atomic E-state index is 11.7. The summed E-state index contributed by atoms with van der Waals surface area (Å²) in [6.45, 7) is 0.364. The summed E-state index contributed by atoms with van der Waals surface area (Å²) in [4.78, 5) is 26.5. The van der Waals surface area contributed by atoms with Crippen LogP contribution in [0.1, 0.15) is 11.8 Å². The molecule has 1 aromatic heterocycles. The molecule has 2 rings (SSSR count). The second-order valence-electron chi connectivity index (χ2n) is 4.05. The zero-order valence-electron chi connectivity index (χ0n) is 9.86. The van der Waals surface area contributed by atoms with Gasteiger partial charge in [0.05, 0.1) is 23.0 Å². The first-order valence-corrected chi connectivity index (χ1v) is 7.49. The van der Waals surface area contributed by atoms with E-state index in [1.807, 2.05) is 0 Å². The van der Waals surface area contributed by atoms with Crippen LogP contribution >= 0.6 is 27.7 Å². The first-order chi connectivity index (χ1) is 9.11. The monoisotopic (exact) mass is 348 g/mol. The molecule has 104 valence electrons. The van der Waals surface area contributed by atoms with E-state index in [1.165, 1.54) is 34.9 Å². The Labute approximate surface area is 121 Å². The number of aliphatic hydroxyl groups excluding tert-OH is 1. The lowest BCUT2D eigenvalue weighted by atomic mass is 10.2. The molecule has 0 amide bonds. The van der Waals surface area contributed by atoms with Crippen molar-refractivity contribution in [2.75, 3.05) is 6.61 Å². The molecule has 1 aliphatic rings. The fourth-order valence-corrected chi connectivity index (χ4v) is 3.49. The number of hydrogen-bond acceptors (Lipinski definition) is 5. The van der Waals surface area contributed by atoms with Crippen LogP contribution in [0.3, 0.4) is 0 Å².